The van der Waals surface area contributed by atoms with Crippen LogP contribution in [0.25, 0.3) is 0 Å². The van der Waals surface area contributed by atoms with E-state index in [1.807, 2.05) is 36.5 Å². The maximum absolute atomic E-state index is 12.4. The SMILES string of the molecule is CC(=O)N1CC2CC23C1=CC(=O)C1=C3C=CC=CC=C1. The summed E-state index contributed by atoms with van der Waals surface area (Å²) < 4.78 is 0. The largest absolute Gasteiger partial charge is 0.315 e. The normalized spacial score (nSPS) is 33.2. The van der Waals surface area contributed by atoms with E-state index in [2.05, 4.69) is 0 Å². The van der Waals surface area contributed by atoms with Crippen molar-refractivity contribution < 1.29 is 9.59 Å². The van der Waals surface area contributed by atoms with Gasteiger partial charge in [-0.15, -0.1) is 0 Å². The van der Waals surface area contributed by atoms with Gasteiger partial charge in [-0.05, 0) is 17.9 Å². The van der Waals surface area contributed by atoms with Crippen LogP contribution < -0.4 is 0 Å². The molecule has 2 fully saturated rings. The van der Waals surface area contributed by atoms with Gasteiger partial charge in [0, 0.05) is 36.2 Å². The van der Waals surface area contributed by atoms with Crippen molar-refractivity contribution in [2.75, 3.05) is 6.54 Å². The molecular formula is C17H15NO2. The number of piperidine rings is 1. The minimum Gasteiger partial charge on any atom is -0.315 e. The predicted molar refractivity (Wildman–Crippen MR) is 75.5 cm³/mol. The van der Waals surface area contributed by atoms with Gasteiger partial charge in [-0.1, -0.05) is 36.5 Å². The third-order valence-electron chi connectivity index (χ3n) is 4.80. The first kappa shape index (κ1) is 11.6. The number of carbonyl (C=O) groups is 2. The summed E-state index contributed by atoms with van der Waals surface area (Å²) in [5, 5.41) is 0. The van der Waals surface area contributed by atoms with Crippen LogP contribution in [0, 0.1) is 11.3 Å². The Balaban J connectivity index is 1.89. The van der Waals surface area contributed by atoms with E-state index in [1.165, 1.54) is 0 Å². The zero-order valence-electron chi connectivity index (χ0n) is 11.3. The lowest BCUT2D eigenvalue weighted by atomic mass is 9.80. The number of carbonyl (C=O) groups excluding carboxylic acids is 2. The number of nitrogens with zero attached hydrogens (tertiary/aromatic N) is 1. The van der Waals surface area contributed by atoms with Crippen LogP contribution in [0.2, 0.25) is 0 Å². The first-order valence-electron chi connectivity index (χ1n) is 6.95. The van der Waals surface area contributed by atoms with E-state index in [-0.39, 0.29) is 17.1 Å². The number of hydrogen-bond donors (Lipinski definition) is 0. The van der Waals surface area contributed by atoms with Gasteiger partial charge >= 0.3 is 0 Å². The Morgan fingerprint density at radius 3 is 2.75 bits per heavy atom. The fraction of sp³-hybridized carbons (Fsp3) is 0.294. The van der Waals surface area contributed by atoms with Gasteiger partial charge in [-0.3, -0.25) is 9.59 Å². The average Bonchev–Trinajstić information content (AvgIpc) is 2.98. The molecule has 3 nitrogen and oxygen atoms in total. The van der Waals surface area contributed by atoms with Crippen molar-refractivity contribution in [3.63, 3.8) is 0 Å². The topological polar surface area (TPSA) is 37.4 Å². The van der Waals surface area contributed by atoms with Gasteiger partial charge < -0.3 is 4.90 Å². The minimum absolute atomic E-state index is 0.00984. The van der Waals surface area contributed by atoms with Gasteiger partial charge in [0.25, 0.3) is 0 Å². The molecule has 1 heterocycles. The van der Waals surface area contributed by atoms with Crippen molar-refractivity contribution >= 4 is 11.7 Å². The van der Waals surface area contributed by atoms with Crippen LogP contribution >= 0.6 is 0 Å². The number of allylic oxidation sites excluding steroid dienone is 9. The van der Waals surface area contributed by atoms with Crippen molar-refractivity contribution in [2.24, 2.45) is 11.3 Å². The first-order valence-corrected chi connectivity index (χ1v) is 6.95. The van der Waals surface area contributed by atoms with Gasteiger partial charge in [0.2, 0.25) is 5.91 Å². The van der Waals surface area contributed by atoms with Crippen molar-refractivity contribution in [3.05, 3.63) is 59.4 Å². The molecule has 1 aliphatic heterocycles. The standard InChI is InChI=1S/C17H15NO2/c1-11(19)18-10-12-9-17(12)14-7-5-3-2-4-6-13(14)15(20)8-16(17)18/h2-8,12H,9-10H2,1H3. The van der Waals surface area contributed by atoms with Crippen LogP contribution in [0.1, 0.15) is 13.3 Å². The maximum atomic E-state index is 12.4. The highest BCUT2D eigenvalue weighted by Crippen LogP contribution is 2.69. The Morgan fingerprint density at radius 2 is 2.00 bits per heavy atom. The van der Waals surface area contributed by atoms with Gasteiger partial charge in [0.15, 0.2) is 5.78 Å². The number of likely N-dealkylation sites (tertiary alicyclic amines) is 1. The van der Waals surface area contributed by atoms with E-state index in [1.54, 1.807) is 17.9 Å². The zero-order valence-corrected chi connectivity index (χ0v) is 11.3. The third-order valence-corrected chi connectivity index (χ3v) is 4.80. The van der Waals surface area contributed by atoms with Crippen molar-refractivity contribution in [1.82, 2.24) is 4.90 Å². The minimum atomic E-state index is -0.0824. The predicted octanol–water partition coefficient (Wildman–Crippen LogP) is 2.30. The number of amides is 1. The Morgan fingerprint density at radius 1 is 1.25 bits per heavy atom. The zero-order chi connectivity index (χ0) is 13.9. The van der Waals surface area contributed by atoms with Gasteiger partial charge in [-0.25, -0.2) is 0 Å². The first-order chi connectivity index (χ1) is 9.64. The summed E-state index contributed by atoms with van der Waals surface area (Å²) in [7, 11) is 0. The van der Waals surface area contributed by atoms with E-state index in [4.69, 9.17) is 0 Å². The van der Waals surface area contributed by atoms with Crippen molar-refractivity contribution in [3.8, 4) is 0 Å². The molecular weight excluding hydrogens is 250 g/mol. The molecule has 1 spiro atoms. The lowest BCUT2D eigenvalue weighted by Gasteiger charge is -2.29. The summed E-state index contributed by atoms with van der Waals surface area (Å²) in [6.45, 7) is 2.32. The van der Waals surface area contributed by atoms with E-state index in [0.29, 0.717) is 5.92 Å². The number of hydrogen-bond acceptors (Lipinski definition) is 2. The van der Waals surface area contributed by atoms with Crippen LogP contribution in [0.15, 0.2) is 59.4 Å². The molecule has 2 unspecified atom stereocenters. The average molecular weight is 265 g/mol. The fourth-order valence-electron chi connectivity index (χ4n) is 3.81. The molecule has 1 saturated heterocycles. The molecule has 0 aromatic rings. The van der Waals surface area contributed by atoms with E-state index >= 15 is 0 Å². The Kier molecular flexibility index (Phi) is 2.15. The molecule has 3 heteroatoms. The molecule has 4 aliphatic rings. The highest BCUT2D eigenvalue weighted by molar-refractivity contribution is 6.10. The molecule has 100 valence electrons. The molecule has 3 aliphatic carbocycles. The second-order valence-corrected chi connectivity index (χ2v) is 5.83. The molecule has 0 N–H and O–H groups in total. The van der Waals surface area contributed by atoms with Crippen LogP contribution in [0.4, 0.5) is 0 Å². The summed E-state index contributed by atoms with van der Waals surface area (Å²) in [5.41, 5.74) is 2.71. The second kappa shape index (κ2) is 3.69. The van der Waals surface area contributed by atoms with Gasteiger partial charge in [0.05, 0.1) is 0 Å². The molecule has 2 atom stereocenters. The quantitative estimate of drug-likeness (QED) is 0.674. The highest BCUT2D eigenvalue weighted by Gasteiger charge is 2.67. The summed E-state index contributed by atoms with van der Waals surface area (Å²) in [6, 6.07) is 0. The second-order valence-electron chi connectivity index (χ2n) is 5.83. The van der Waals surface area contributed by atoms with Crippen LogP contribution in [0.5, 0.6) is 0 Å². The molecule has 0 aromatic carbocycles. The summed E-state index contributed by atoms with van der Waals surface area (Å²) in [4.78, 5) is 25.9. The molecule has 1 saturated carbocycles. The van der Waals surface area contributed by atoms with Crippen molar-refractivity contribution in [2.45, 2.75) is 13.3 Å². The smallest absolute Gasteiger partial charge is 0.223 e. The highest BCUT2D eigenvalue weighted by atomic mass is 16.2. The summed E-state index contributed by atoms with van der Waals surface area (Å²) >= 11 is 0. The van der Waals surface area contributed by atoms with E-state index < -0.39 is 0 Å². The monoisotopic (exact) mass is 265 g/mol. The van der Waals surface area contributed by atoms with E-state index in [9.17, 15) is 9.59 Å². The van der Waals surface area contributed by atoms with Crippen LogP contribution in [-0.4, -0.2) is 23.1 Å². The molecule has 1 amide bonds. The molecule has 0 aromatic heterocycles. The lowest BCUT2D eigenvalue weighted by Crippen LogP contribution is -2.31. The van der Waals surface area contributed by atoms with Crippen LogP contribution in [0.3, 0.4) is 0 Å². The van der Waals surface area contributed by atoms with Gasteiger partial charge in [0.1, 0.15) is 0 Å². The van der Waals surface area contributed by atoms with E-state index in [0.717, 1.165) is 29.8 Å². The lowest BCUT2D eigenvalue weighted by molar-refractivity contribution is -0.126. The number of rotatable bonds is 0. The molecule has 4 rings (SSSR count). The fourth-order valence-corrected chi connectivity index (χ4v) is 3.81. The molecule has 0 bridgehead atoms. The van der Waals surface area contributed by atoms with Crippen molar-refractivity contribution in [1.29, 1.82) is 0 Å². The Labute approximate surface area is 117 Å². The number of ketones is 1. The molecule has 20 heavy (non-hydrogen) atoms. The van der Waals surface area contributed by atoms with Gasteiger partial charge in [-0.2, -0.15) is 0 Å². The Bertz CT molecular complexity index is 690. The molecule has 0 radical (unpaired) electrons. The maximum Gasteiger partial charge on any atom is 0.223 e. The Hall–Kier alpha value is -2.16. The third kappa shape index (κ3) is 1.30. The summed E-state index contributed by atoms with van der Waals surface area (Å²) in [6.07, 6.45) is 14.4. The summed E-state index contributed by atoms with van der Waals surface area (Å²) in [5.74, 6) is 0.512. The van der Waals surface area contributed by atoms with Crippen LogP contribution in [-0.2, 0) is 9.59 Å².